The number of aryl methyl sites for hydroxylation is 2. The summed E-state index contributed by atoms with van der Waals surface area (Å²) in [6.45, 7) is 4.28. The van der Waals surface area contributed by atoms with Crippen molar-refractivity contribution in [2.24, 2.45) is 0 Å². The van der Waals surface area contributed by atoms with E-state index in [9.17, 15) is 0 Å². The van der Waals surface area contributed by atoms with Crippen molar-refractivity contribution in [2.45, 2.75) is 46.0 Å². The number of halogens is 1. The second-order valence-electron chi connectivity index (χ2n) is 8.74. The van der Waals surface area contributed by atoms with Crippen LogP contribution < -0.4 is 0 Å². The third-order valence-electron chi connectivity index (χ3n) is 5.97. The molecule has 0 fully saturated rings. The van der Waals surface area contributed by atoms with Gasteiger partial charge in [0.2, 0.25) is 0 Å². The van der Waals surface area contributed by atoms with Crippen molar-refractivity contribution in [2.75, 3.05) is 0 Å². The van der Waals surface area contributed by atoms with Crippen LogP contribution in [0.25, 0.3) is 10.8 Å². The fraction of sp³-hybridized carbons (Fsp3) is 0.212. The molecule has 0 unspecified atom stereocenters. The van der Waals surface area contributed by atoms with Crippen LogP contribution in [-0.4, -0.2) is 0 Å². The summed E-state index contributed by atoms with van der Waals surface area (Å²) in [6, 6.07) is 25.7. The summed E-state index contributed by atoms with van der Waals surface area (Å²) < 4.78 is 15.1. The van der Waals surface area contributed by atoms with E-state index < -0.39 is 0 Å². The average molecular weight is 445 g/mol. The van der Waals surface area contributed by atoms with Gasteiger partial charge in [0.05, 0.1) is 5.56 Å². The van der Waals surface area contributed by atoms with E-state index in [0.717, 1.165) is 28.5 Å². The van der Waals surface area contributed by atoms with Crippen LogP contribution in [0.1, 0.15) is 66.0 Å². The molecule has 0 radical (unpaired) electrons. The summed E-state index contributed by atoms with van der Waals surface area (Å²) in [5.74, 6) is 12.2. The van der Waals surface area contributed by atoms with Gasteiger partial charge < -0.3 is 0 Å². The molecule has 0 aromatic heterocycles. The van der Waals surface area contributed by atoms with Gasteiger partial charge in [-0.05, 0) is 73.2 Å². The third kappa shape index (κ3) is 6.15. The molecule has 0 nitrogen and oxygen atoms in total. The van der Waals surface area contributed by atoms with Crippen LogP contribution in [0.15, 0.2) is 78.9 Å². The maximum absolute atomic E-state index is 15.1. The van der Waals surface area contributed by atoms with Crippen molar-refractivity contribution in [3.05, 3.63) is 118 Å². The second kappa shape index (κ2) is 11.4. The van der Waals surface area contributed by atoms with Gasteiger partial charge in [0.25, 0.3) is 0 Å². The Morgan fingerprint density at radius 1 is 0.647 bits per heavy atom. The molecule has 0 N–H and O–H groups in total. The molecule has 34 heavy (non-hydrogen) atoms. The van der Waals surface area contributed by atoms with Crippen molar-refractivity contribution < 1.29 is 4.39 Å². The molecule has 0 saturated carbocycles. The van der Waals surface area contributed by atoms with Gasteiger partial charge in [0, 0.05) is 22.1 Å². The maximum atomic E-state index is 15.1. The van der Waals surface area contributed by atoms with Crippen LogP contribution in [0.3, 0.4) is 0 Å². The van der Waals surface area contributed by atoms with Crippen LogP contribution in [-0.2, 0) is 6.42 Å². The molecule has 1 heteroatoms. The van der Waals surface area contributed by atoms with E-state index in [1.54, 1.807) is 6.07 Å². The van der Waals surface area contributed by atoms with Crippen LogP contribution in [0.5, 0.6) is 0 Å². The number of unbranched alkanes of at least 4 members (excludes halogenated alkanes) is 3. The summed E-state index contributed by atoms with van der Waals surface area (Å²) in [7, 11) is 0. The van der Waals surface area contributed by atoms with Gasteiger partial charge in [-0.1, -0.05) is 91.8 Å². The van der Waals surface area contributed by atoms with E-state index in [0.29, 0.717) is 10.9 Å². The molecule has 0 atom stereocenters. The van der Waals surface area contributed by atoms with Crippen molar-refractivity contribution in [1.29, 1.82) is 0 Å². The lowest BCUT2D eigenvalue weighted by Crippen LogP contribution is -1.90. The first-order valence-electron chi connectivity index (χ1n) is 12.0. The number of fused-ring (bicyclic) bond motifs is 1. The van der Waals surface area contributed by atoms with E-state index in [4.69, 9.17) is 0 Å². The lowest BCUT2D eigenvalue weighted by molar-refractivity contribution is 0.636. The summed E-state index contributed by atoms with van der Waals surface area (Å²) in [5, 5.41) is 1.57. The Balaban J connectivity index is 1.46. The predicted octanol–water partition coefficient (Wildman–Crippen LogP) is 8.21. The van der Waals surface area contributed by atoms with E-state index in [2.05, 4.69) is 55.7 Å². The highest BCUT2D eigenvalue weighted by atomic mass is 19.1. The largest absolute Gasteiger partial charge is 0.205 e. The minimum atomic E-state index is -0.247. The third-order valence-corrected chi connectivity index (χ3v) is 5.97. The maximum Gasteiger partial charge on any atom is 0.146 e. The highest BCUT2D eigenvalue weighted by molar-refractivity contribution is 5.85. The number of hydrogen-bond donors (Lipinski definition) is 0. The van der Waals surface area contributed by atoms with Crippen LogP contribution in [0.4, 0.5) is 4.39 Å². The molecule has 0 heterocycles. The molecule has 4 rings (SSSR count). The van der Waals surface area contributed by atoms with Crippen molar-refractivity contribution in [3.8, 4) is 23.7 Å². The molecule has 4 aromatic carbocycles. The molecule has 0 spiro atoms. The first-order chi connectivity index (χ1) is 16.6. The Bertz CT molecular complexity index is 1390. The Hall–Kier alpha value is -3.81. The van der Waals surface area contributed by atoms with Gasteiger partial charge in [0.15, 0.2) is 0 Å². The Kier molecular flexibility index (Phi) is 7.80. The Labute approximate surface area is 202 Å². The fourth-order valence-corrected chi connectivity index (χ4v) is 3.91. The summed E-state index contributed by atoms with van der Waals surface area (Å²) >= 11 is 0. The fourth-order valence-electron chi connectivity index (χ4n) is 3.91. The monoisotopic (exact) mass is 444 g/mol. The number of rotatable bonds is 5. The molecule has 168 valence electrons. The lowest BCUT2D eigenvalue weighted by atomic mass is 10.00. The van der Waals surface area contributed by atoms with Crippen molar-refractivity contribution >= 4 is 10.8 Å². The van der Waals surface area contributed by atoms with Gasteiger partial charge >= 0.3 is 0 Å². The summed E-state index contributed by atoms with van der Waals surface area (Å²) in [5.41, 5.74) is 5.67. The van der Waals surface area contributed by atoms with Crippen molar-refractivity contribution in [3.63, 3.8) is 0 Å². The molecule has 0 saturated heterocycles. The summed E-state index contributed by atoms with van der Waals surface area (Å²) in [4.78, 5) is 0. The summed E-state index contributed by atoms with van der Waals surface area (Å²) in [6.07, 6.45) is 5.98. The normalized spacial score (nSPS) is 10.3. The first-order valence-corrected chi connectivity index (χ1v) is 12.0. The van der Waals surface area contributed by atoms with Gasteiger partial charge in [-0.2, -0.15) is 0 Å². The van der Waals surface area contributed by atoms with Crippen LogP contribution in [0.2, 0.25) is 0 Å². The Morgan fingerprint density at radius 3 is 1.91 bits per heavy atom. The zero-order chi connectivity index (χ0) is 23.8. The predicted molar refractivity (Wildman–Crippen MR) is 141 cm³/mol. The molecule has 0 aliphatic carbocycles. The smallest absolute Gasteiger partial charge is 0.146 e. The molecular formula is C33H29F. The van der Waals surface area contributed by atoms with E-state index >= 15 is 4.39 Å². The Morgan fingerprint density at radius 2 is 1.26 bits per heavy atom. The minimum absolute atomic E-state index is 0.247. The number of hydrogen-bond acceptors (Lipinski definition) is 0. The minimum Gasteiger partial charge on any atom is -0.205 e. The number of benzene rings is 4. The molecule has 0 aliphatic rings. The molecule has 0 amide bonds. The van der Waals surface area contributed by atoms with Gasteiger partial charge in [0.1, 0.15) is 5.82 Å². The van der Waals surface area contributed by atoms with Gasteiger partial charge in [-0.25, -0.2) is 4.39 Å². The van der Waals surface area contributed by atoms with Crippen LogP contribution in [0, 0.1) is 36.4 Å². The van der Waals surface area contributed by atoms with Gasteiger partial charge in [-0.3, -0.25) is 0 Å². The topological polar surface area (TPSA) is 0 Å². The molecule has 4 aromatic rings. The molecular weight excluding hydrogens is 415 g/mol. The second-order valence-corrected chi connectivity index (χ2v) is 8.74. The molecule has 0 aliphatic heterocycles. The average Bonchev–Trinajstić information content (AvgIpc) is 2.86. The van der Waals surface area contributed by atoms with E-state index in [1.807, 2.05) is 54.6 Å². The quantitative estimate of drug-likeness (QED) is 0.215. The lowest BCUT2D eigenvalue weighted by Gasteiger charge is -2.06. The highest BCUT2D eigenvalue weighted by Gasteiger charge is 2.06. The highest BCUT2D eigenvalue weighted by Crippen LogP contribution is 2.23. The van der Waals surface area contributed by atoms with E-state index in [1.165, 1.54) is 36.8 Å². The molecule has 0 bridgehead atoms. The van der Waals surface area contributed by atoms with E-state index in [-0.39, 0.29) is 5.82 Å². The zero-order valence-electron chi connectivity index (χ0n) is 19.9. The van der Waals surface area contributed by atoms with Crippen molar-refractivity contribution in [1.82, 2.24) is 0 Å². The zero-order valence-corrected chi connectivity index (χ0v) is 19.9. The van der Waals surface area contributed by atoms with Crippen LogP contribution >= 0.6 is 0 Å². The standard InChI is InChI=1S/C33H29F/c1-3-4-5-6-7-29-19-23-32-31(24-29)22-21-30(33(32)34)20-18-28-16-14-27(15-17-28)13-12-26-10-8-25(2)9-11-26/h8-11,14-17,19,21-24H,3-7H2,1-2H3. The first kappa shape index (κ1) is 23.4. The van der Waals surface area contributed by atoms with Gasteiger partial charge in [-0.15, -0.1) is 0 Å². The SMILES string of the molecule is CCCCCCc1ccc2c(F)c(C#Cc3ccc(C#Cc4ccc(C)cc4)cc3)ccc2c1.